The fraction of sp³-hybridized carbons (Fsp3) is 0.250. The third-order valence-electron chi connectivity index (χ3n) is 4.68. The first-order valence-electron chi connectivity index (χ1n) is 8.60. The minimum Gasteiger partial charge on any atom is -0.379 e. The van der Waals surface area contributed by atoms with Crippen LogP contribution in [-0.2, 0) is 14.8 Å². The lowest BCUT2D eigenvalue weighted by atomic mass is 10.1. The molecule has 1 aliphatic rings. The maximum Gasteiger partial charge on any atom is 0.243 e. The molecule has 4 rings (SSSR count). The van der Waals surface area contributed by atoms with E-state index in [0.29, 0.717) is 31.2 Å². The van der Waals surface area contributed by atoms with Gasteiger partial charge in [-0.1, -0.05) is 30.3 Å². The number of benzene rings is 2. The number of hydrogen-bond donors (Lipinski definition) is 0. The minimum atomic E-state index is -3.47. The van der Waals surface area contributed by atoms with Crippen LogP contribution >= 0.6 is 0 Å². The standard InChI is InChI=1S/C20H20N2O3S/c1-15-14-20(21-19-5-3-2-4-18(15)19)16-6-8-17(9-7-16)26(23,24)22-10-12-25-13-11-22/h2-9,14H,10-13H2,1H3. The molecule has 26 heavy (non-hydrogen) atoms. The van der Waals surface area contributed by atoms with Crippen LogP contribution in [0.1, 0.15) is 5.56 Å². The topological polar surface area (TPSA) is 59.5 Å². The Morgan fingerprint density at radius 2 is 1.69 bits per heavy atom. The van der Waals surface area contributed by atoms with Gasteiger partial charge in [0.2, 0.25) is 10.0 Å². The zero-order valence-electron chi connectivity index (χ0n) is 14.6. The molecule has 1 aromatic heterocycles. The lowest BCUT2D eigenvalue weighted by molar-refractivity contribution is 0.0730. The molecule has 0 amide bonds. The normalized spacial score (nSPS) is 16.0. The van der Waals surface area contributed by atoms with Crippen molar-refractivity contribution in [2.75, 3.05) is 26.3 Å². The summed E-state index contributed by atoms with van der Waals surface area (Å²) in [4.78, 5) is 5.02. The molecule has 0 atom stereocenters. The number of pyridine rings is 1. The predicted molar refractivity (Wildman–Crippen MR) is 101 cm³/mol. The molecular weight excluding hydrogens is 348 g/mol. The molecule has 3 aromatic rings. The first kappa shape index (κ1) is 17.1. The first-order chi connectivity index (χ1) is 12.6. The van der Waals surface area contributed by atoms with E-state index in [-0.39, 0.29) is 0 Å². The summed E-state index contributed by atoms with van der Waals surface area (Å²) in [5.74, 6) is 0. The molecule has 2 heterocycles. The third-order valence-corrected chi connectivity index (χ3v) is 6.59. The number of hydrogen-bond acceptors (Lipinski definition) is 4. The predicted octanol–water partition coefficient (Wildman–Crippen LogP) is 3.23. The zero-order valence-corrected chi connectivity index (χ0v) is 15.4. The van der Waals surface area contributed by atoms with Gasteiger partial charge in [-0.2, -0.15) is 4.31 Å². The van der Waals surface area contributed by atoms with E-state index < -0.39 is 10.0 Å². The number of para-hydroxylation sites is 1. The summed E-state index contributed by atoms with van der Waals surface area (Å²) in [5, 5.41) is 1.13. The lowest BCUT2D eigenvalue weighted by Crippen LogP contribution is -2.40. The van der Waals surface area contributed by atoms with E-state index in [4.69, 9.17) is 9.72 Å². The van der Waals surface area contributed by atoms with Gasteiger partial charge in [0.1, 0.15) is 0 Å². The second-order valence-corrected chi connectivity index (χ2v) is 8.32. The number of fused-ring (bicyclic) bond motifs is 1. The molecule has 5 nitrogen and oxygen atoms in total. The molecule has 0 unspecified atom stereocenters. The van der Waals surface area contributed by atoms with Gasteiger partial charge in [-0.25, -0.2) is 13.4 Å². The lowest BCUT2D eigenvalue weighted by Gasteiger charge is -2.26. The summed E-state index contributed by atoms with van der Waals surface area (Å²) >= 11 is 0. The zero-order chi connectivity index (χ0) is 18.1. The molecule has 134 valence electrons. The Labute approximate surface area is 153 Å². The van der Waals surface area contributed by atoms with E-state index in [1.54, 1.807) is 12.1 Å². The number of sulfonamides is 1. The summed E-state index contributed by atoms with van der Waals surface area (Å²) < 4.78 is 32.2. The van der Waals surface area contributed by atoms with Crippen LogP contribution in [0.25, 0.3) is 22.2 Å². The molecule has 0 radical (unpaired) electrons. The van der Waals surface area contributed by atoms with Crippen molar-refractivity contribution in [1.29, 1.82) is 0 Å². The van der Waals surface area contributed by atoms with Gasteiger partial charge in [-0.05, 0) is 36.8 Å². The first-order valence-corrected chi connectivity index (χ1v) is 10.0. The Bertz CT molecular complexity index is 1040. The van der Waals surface area contributed by atoms with Crippen LogP contribution in [0.2, 0.25) is 0 Å². The highest BCUT2D eigenvalue weighted by Gasteiger charge is 2.26. The van der Waals surface area contributed by atoms with E-state index in [9.17, 15) is 8.42 Å². The average molecular weight is 368 g/mol. The van der Waals surface area contributed by atoms with Crippen molar-refractivity contribution < 1.29 is 13.2 Å². The Hall–Kier alpha value is -2.28. The number of aryl methyl sites for hydroxylation is 1. The summed E-state index contributed by atoms with van der Waals surface area (Å²) in [6.07, 6.45) is 0. The maximum absolute atomic E-state index is 12.7. The molecule has 2 aromatic carbocycles. The fourth-order valence-electron chi connectivity index (χ4n) is 3.23. The summed E-state index contributed by atoms with van der Waals surface area (Å²) in [5.41, 5.74) is 3.83. The van der Waals surface area contributed by atoms with Crippen LogP contribution in [0.5, 0.6) is 0 Å². The van der Waals surface area contributed by atoms with Gasteiger partial charge in [0, 0.05) is 24.0 Å². The van der Waals surface area contributed by atoms with Gasteiger partial charge in [-0.3, -0.25) is 0 Å². The van der Waals surface area contributed by atoms with Crippen LogP contribution in [-0.4, -0.2) is 44.0 Å². The van der Waals surface area contributed by atoms with Gasteiger partial charge >= 0.3 is 0 Å². The average Bonchev–Trinajstić information content (AvgIpc) is 2.69. The van der Waals surface area contributed by atoms with Gasteiger partial charge < -0.3 is 4.74 Å². The van der Waals surface area contributed by atoms with Crippen molar-refractivity contribution in [3.8, 4) is 11.3 Å². The third kappa shape index (κ3) is 3.11. The van der Waals surface area contributed by atoms with Crippen molar-refractivity contribution in [1.82, 2.24) is 9.29 Å². The van der Waals surface area contributed by atoms with Crippen molar-refractivity contribution in [3.63, 3.8) is 0 Å². The Morgan fingerprint density at radius 1 is 1.00 bits per heavy atom. The number of nitrogens with zero attached hydrogens (tertiary/aromatic N) is 2. The molecule has 0 spiro atoms. The van der Waals surface area contributed by atoms with E-state index in [0.717, 1.165) is 27.7 Å². The summed E-state index contributed by atoms with van der Waals surface area (Å²) in [6.45, 7) is 3.74. The number of aromatic nitrogens is 1. The second-order valence-electron chi connectivity index (χ2n) is 6.38. The largest absolute Gasteiger partial charge is 0.379 e. The minimum absolute atomic E-state index is 0.306. The molecule has 6 heteroatoms. The highest BCUT2D eigenvalue weighted by Crippen LogP contribution is 2.26. The number of rotatable bonds is 3. The van der Waals surface area contributed by atoms with Gasteiger partial charge in [0.05, 0.1) is 29.3 Å². The molecular formula is C20H20N2O3S. The van der Waals surface area contributed by atoms with Crippen molar-refractivity contribution in [2.24, 2.45) is 0 Å². The smallest absolute Gasteiger partial charge is 0.243 e. The Kier molecular flexibility index (Phi) is 4.48. The van der Waals surface area contributed by atoms with Gasteiger partial charge in [-0.15, -0.1) is 0 Å². The van der Waals surface area contributed by atoms with Crippen molar-refractivity contribution in [2.45, 2.75) is 11.8 Å². The SMILES string of the molecule is Cc1cc(-c2ccc(S(=O)(=O)N3CCOCC3)cc2)nc2ccccc12. The molecule has 0 bridgehead atoms. The molecule has 0 aliphatic carbocycles. The quantitative estimate of drug-likeness (QED) is 0.712. The van der Waals surface area contributed by atoms with E-state index in [2.05, 4.69) is 13.0 Å². The second kappa shape index (κ2) is 6.79. The molecule has 0 saturated carbocycles. The maximum atomic E-state index is 12.7. The van der Waals surface area contributed by atoms with Gasteiger partial charge in [0.25, 0.3) is 0 Å². The Morgan fingerprint density at radius 3 is 2.42 bits per heavy atom. The van der Waals surface area contributed by atoms with E-state index in [1.165, 1.54) is 4.31 Å². The monoisotopic (exact) mass is 368 g/mol. The molecule has 1 fully saturated rings. The van der Waals surface area contributed by atoms with Crippen molar-refractivity contribution in [3.05, 3.63) is 60.2 Å². The fourth-order valence-corrected chi connectivity index (χ4v) is 4.64. The highest BCUT2D eigenvalue weighted by atomic mass is 32.2. The van der Waals surface area contributed by atoms with Crippen LogP contribution < -0.4 is 0 Å². The van der Waals surface area contributed by atoms with Crippen molar-refractivity contribution >= 4 is 20.9 Å². The molecule has 0 N–H and O–H groups in total. The summed E-state index contributed by atoms with van der Waals surface area (Å²) in [7, 11) is -3.47. The number of morpholine rings is 1. The summed E-state index contributed by atoms with van der Waals surface area (Å²) in [6, 6.07) is 17.0. The van der Waals surface area contributed by atoms with Crippen LogP contribution in [0.3, 0.4) is 0 Å². The van der Waals surface area contributed by atoms with Crippen LogP contribution in [0.15, 0.2) is 59.5 Å². The highest BCUT2D eigenvalue weighted by molar-refractivity contribution is 7.89. The Balaban J connectivity index is 1.68. The molecule has 1 aliphatic heterocycles. The number of ether oxygens (including phenoxy) is 1. The van der Waals surface area contributed by atoms with E-state index in [1.807, 2.05) is 36.4 Å². The van der Waals surface area contributed by atoms with E-state index >= 15 is 0 Å². The van der Waals surface area contributed by atoms with Crippen LogP contribution in [0.4, 0.5) is 0 Å². The van der Waals surface area contributed by atoms with Crippen LogP contribution in [0, 0.1) is 6.92 Å². The molecule has 1 saturated heterocycles. The van der Waals surface area contributed by atoms with Gasteiger partial charge in [0.15, 0.2) is 0 Å².